The minimum absolute atomic E-state index is 0.122. The zero-order chi connectivity index (χ0) is 11.7. The van der Waals surface area contributed by atoms with Gasteiger partial charge in [-0.25, -0.2) is 4.79 Å². The van der Waals surface area contributed by atoms with Crippen molar-refractivity contribution < 1.29 is 19.8 Å². The highest BCUT2D eigenvalue weighted by molar-refractivity contribution is 6.12. The molecular formula is C12H10O4. The molecule has 1 aromatic carbocycles. The van der Waals surface area contributed by atoms with E-state index in [0.29, 0.717) is 24.0 Å². The van der Waals surface area contributed by atoms with Gasteiger partial charge in [-0.2, -0.15) is 0 Å². The van der Waals surface area contributed by atoms with Gasteiger partial charge in [-0.3, -0.25) is 4.79 Å². The van der Waals surface area contributed by atoms with Crippen molar-refractivity contribution in [2.75, 3.05) is 0 Å². The molecule has 2 rings (SSSR count). The van der Waals surface area contributed by atoms with Crippen molar-refractivity contribution in [3.05, 3.63) is 41.0 Å². The monoisotopic (exact) mass is 218 g/mol. The second kappa shape index (κ2) is 3.81. The summed E-state index contributed by atoms with van der Waals surface area (Å²) in [6, 6.07) is 4.51. The lowest BCUT2D eigenvalue weighted by Gasteiger charge is -2.16. The maximum absolute atomic E-state index is 11.9. The first-order valence-corrected chi connectivity index (χ1v) is 4.88. The van der Waals surface area contributed by atoms with Crippen LogP contribution in [0.3, 0.4) is 0 Å². The third-order valence-electron chi connectivity index (χ3n) is 2.59. The van der Waals surface area contributed by atoms with Gasteiger partial charge >= 0.3 is 5.97 Å². The van der Waals surface area contributed by atoms with E-state index in [0.717, 1.165) is 11.6 Å². The molecule has 1 aliphatic rings. The van der Waals surface area contributed by atoms with E-state index in [1.807, 2.05) is 0 Å². The Hall–Kier alpha value is -2.10. The number of phenols is 1. The molecule has 0 saturated heterocycles. The van der Waals surface area contributed by atoms with Crippen molar-refractivity contribution in [2.45, 2.75) is 12.8 Å². The molecule has 0 aromatic heterocycles. The molecule has 0 unspecified atom stereocenters. The molecule has 2 N–H and O–H groups in total. The Balaban J connectivity index is 2.44. The highest BCUT2D eigenvalue weighted by atomic mass is 16.4. The summed E-state index contributed by atoms with van der Waals surface area (Å²) in [4.78, 5) is 22.4. The van der Waals surface area contributed by atoms with Crippen LogP contribution in [-0.4, -0.2) is 22.0 Å². The van der Waals surface area contributed by atoms with Crippen LogP contribution in [0, 0.1) is 0 Å². The van der Waals surface area contributed by atoms with Gasteiger partial charge in [0, 0.05) is 17.2 Å². The summed E-state index contributed by atoms with van der Waals surface area (Å²) in [7, 11) is 0. The summed E-state index contributed by atoms with van der Waals surface area (Å²) in [6.45, 7) is 0. The van der Waals surface area contributed by atoms with Crippen LogP contribution < -0.4 is 0 Å². The Labute approximate surface area is 91.8 Å². The number of phenolic OH excluding ortho intramolecular Hbond substituents is 1. The molecule has 1 aromatic rings. The Morgan fingerprint density at radius 3 is 2.75 bits per heavy atom. The van der Waals surface area contributed by atoms with Gasteiger partial charge in [0.1, 0.15) is 5.75 Å². The third-order valence-corrected chi connectivity index (χ3v) is 2.59. The number of hydrogen-bond donors (Lipinski definition) is 2. The molecule has 0 bridgehead atoms. The Kier molecular flexibility index (Phi) is 2.48. The van der Waals surface area contributed by atoms with Gasteiger partial charge in [0.05, 0.1) is 0 Å². The second-order valence-corrected chi connectivity index (χ2v) is 3.68. The number of carbonyl (C=O) groups is 2. The summed E-state index contributed by atoms with van der Waals surface area (Å²) >= 11 is 0. The smallest absolute Gasteiger partial charge is 0.328 e. The van der Waals surface area contributed by atoms with Crippen LogP contribution in [0.4, 0.5) is 0 Å². The van der Waals surface area contributed by atoms with E-state index < -0.39 is 5.97 Å². The molecule has 0 radical (unpaired) electrons. The van der Waals surface area contributed by atoms with Crippen LogP contribution in [0.25, 0.3) is 0 Å². The molecule has 16 heavy (non-hydrogen) atoms. The van der Waals surface area contributed by atoms with Crippen LogP contribution in [0.5, 0.6) is 5.75 Å². The lowest BCUT2D eigenvalue weighted by Crippen LogP contribution is -2.15. The normalized spacial score (nSPS) is 17.2. The average molecular weight is 218 g/mol. The van der Waals surface area contributed by atoms with Gasteiger partial charge in [0.25, 0.3) is 0 Å². The Morgan fingerprint density at radius 1 is 1.31 bits per heavy atom. The van der Waals surface area contributed by atoms with Crippen molar-refractivity contribution in [3.8, 4) is 5.75 Å². The first-order chi connectivity index (χ1) is 7.58. The number of benzene rings is 1. The fourth-order valence-electron chi connectivity index (χ4n) is 1.85. The molecule has 1 aliphatic carbocycles. The number of aliphatic carboxylic acids is 1. The maximum Gasteiger partial charge on any atom is 0.328 e. The molecule has 0 saturated carbocycles. The number of carboxylic acids is 1. The predicted octanol–water partition coefficient (Wildman–Crippen LogP) is 1.53. The van der Waals surface area contributed by atoms with Gasteiger partial charge in [-0.1, -0.05) is 0 Å². The summed E-state index contributed by atoms with van der Waals surface area (Å²) in [5.41, 5.74) is 1.56. The van der Waals surface area contributed by atoms with E-state index >= 15 is 0 Å². The number of hydrogen-bond acceptors (Lipinski definition) is 3. The van der Waals surface area contributed by atoms with Crippen LogP contribution in [0.15, 0.2) is 29.8 Å². The number of aromatic hydroxyl groups is 1. The number of carbonyl (C=O) groups excluding carboxylic acids is 1. The molecule has 0 aliphatic heterocycles. The third kappa shape index (κ3) is 1.82. The van der Waals surface area contributed by atoms with Crippen molar-refractivity contribution in [2.24, 2.45) is 0 Å². The van der Waals surface area contributed by atoms with E-state index in [1.165, 1.54) is 12.1 Å². The van der Waals surface area contributed by atoms with E-state index in [-0.39, 0.29) is 11.5 Å². The van der Waals surface area contributed by atoms with E-state index in [2.05, 4.69) is 0 Å². The van der Waals surface area contributed by atoms with Crippen molar-refractivity contribution in [1.29, 1.82) is 0 Å². The number of fused-ring (bicyclic) bond motifs is 1. The fourth-order valence-corrected chi connectivity index (χ4v) is 1.85. The first kappa shape index (κ1) is 10.4. The number of Topliss-reactive ketones (excluding diaryl/α,β-unsaturated/α-hetero) is 1. The van der Waals surface area contributed by atoms with E-state index in [9.17, 15) is 14.7 Å². The van der Waals surface area contributed by atoms with Gasteiger partial charge in [-0.15, -0.1) is 0 Å². The standard InChI is InChI=1S/C12H10O4/c13-9-3-4-10-7(5-9)1-2-8(12(10)16)6-11(14)15/h3-6,13H,1-2H2,(H,14,15). The van der Waals surface area contributed by atoms with Crippen LogP contribution in [-0.2, 0) is 11.2 Å². The minimum Gasteiger partial charge on any atom is -0.508 e. The fraction of sp³-hybridized carbons (Fsp3) is 0.167. The Morgan fingerprint density at radius 2 is 2.06 bits per heavy atom. The zero-order valence-electron chi connectivity index (χ0n) is 8.43. The average Bonchev–Trinajstić information content (AvgIpc) is 2.22. The summed E-state index contributed by atoms with van der Waals surface area (Å²) in [5, 5.41) is 17.9. The largest absolute Gasteiger partial charge is 0.508 e. The zero-order valence-corrected chi connectivity index (χ0v) is 8.43. The van der Waals surface area contributed by atoms with Crippen molar-refractivity contribution in [1.82, 2.24) is 0 Å². The maximum atomic E-state index is 11.9. The topological polar surface area (TPSA) is 74.6 Å². The lowest BCUT2D eigenvalue weighted by molar-refractivity contribution is -0.131. The Bertz CT molecular complexity index is 500. The molecule has 0 fully saturated rings. The van der Waals surface area contributed by atoms with Gasteiger partial charge in [0.15, 0.2) is 5.78 Å². The SMILES string of the molecule is O=C(O)C=C1CCc2cc(O)ccc2C1=O. The highest BCUT2D eigenvalue weighted by Crippen LogP contribution is 2.27. The molecule has 0 heterocycles. The second-order valence-electron chi connectivity index (χ2n) is 3.68. The number of carboxylic acid groups (broad SMARTS) is 1. The van der Waals surface area contributed by atoms with Crippen LogP contribution >= 0.6 is 0 Å². The predicted molar refractivity (Wildman–Crippen MR) is 56.5 cm³/mol. The van der Waals surface area contributed by atoms with Crippen LogP contribution in [0.1, 0.15) is 22.3 Å². The molecule has 0 atom stereocenters. The molecule has 82 valence electrons. The van der Waals surface area contributed by atoms with E-state index in [1.54, 1.807) is 6.07 Å². The molecule has 4 nitrogen and oxygen atoms in total. The quantitative estimate of drug-likeness (QED) is 0.701. The first-order valence-electron chi connectivity index (χ1n) is 4.88. The molecule has 0 amide bonds. The number of ketones is 1. The molecule has 4 heteroatoms. The summed E-state index contributed by atoms with van der Waals surface area (Å²) in [6.07, 6.45) is 1.94. The van der Waals surface area contributed by atoms with Gasteiger partial charge in [0.2, 0.25) is 0 Å². The van der Waals surface area contributed by atoms with Crippen molar-refractivity contribution >= 4 is 11.8 Å². The summed E-state index contributed by atoms with van der Waals surface area (Å²) in [5.74, 6) is -1.24. The number of allylic oxidation sites excluding steroid dienone is 1. The molecule has 0 spiro atoms. The summed E-state index contributed by atoms with van der Waals surface area (Å²) < 4.78 is 0. The van der Waals surface area contributed by atoms with Crippen LogP contribution in [0.2, 0.25) is 0 Å². The highest BCUT2D eigenvalue weighted by Gasteiger charge is 2.22. The number of aryl methyl sites for hydroxylation is 1. The van der Waals surface area contributed by atoms with Gasteiger partial charge < -0.3 is 10.2 Å². The minimum atomic E-state index is -1.11. The van der Waals surface area contributed by atoms with E-state index in [4.69, 9.17) is 5.11 Å². The lowest BCUT2D eigenvalue weighted by atomic mass is 9.86. The number of rotatable bonds is 1. The van der Waals surface area contributed by atoms with Crippen molar-refractivity contribution in [3.63, 3.8) is 0 Å². The van der Waals surface area contributed by atoms with Gasteiger partial charge in [-0.05, 0) is 36.6 Å². The molecular weight excluding hydrogens is 208 g/mol.